The zero-order valence-corrected chi connectivity index (χ0v) is 17.1. The van der Waals surface area contributed by atoms with Crippen LogP contribution >= 0.6 is 0 Å². The molecule has 8 heteroatoms. The minimum Gasteiger partial charge on any atom is -0.497 e. The molecule has 1 spiro atoms. The van der Waals surface area contributed by atoms with Gasteiger partial charge in [0.1, 0.15) is 34.3 Å². The number of imidazole rings is 1. The number of likely N-dealkylation sites (N-methyl/N-ethyl adjacent to an activating group) is 1. The first kappa shape index (κ1) is 18.5. The number of rotatable bonds is 4. The monoisotopic (exact) mass is 405 g/mol. The molecule has 3 N–H and O–H groups in total. The summed E-state index contributed by atoms with van der Waals surface area (Å²) in [5, 5.41) is 0. The molecule has 3 heterocycles. The van der Waals surface area contributed by atoms with Gasteiger partial charge >= 0.3 is 0 Å². The number of aromatic nitrogens is 2. The molecular formula is C22H23N5O3. The Morgan fingerprint density at radius 2 is 1.77 bits per heavy atom. The van der Waals surface area contributed by atoms with Gasteiger partial charge in [-0.1, -0.05) is 12.1 Å². The molecular weight excluding hydrogens is 382 g/mol. The van der Waals surface area contributed by atoms with Gasteiger partial charge in [-0.25, -0.2) is 4.98 Å². The molecule has 2 aliphatic heterocycles. The molecule has 30 heavy (non-hydrogen) atoms. The second-order valence-corrected chi connectivity index (χ2v) is 7.80. The highest BCUT2D eigenvalue weighted by Gasteiger charge is 2.59. The summed E-state index contributed by atoms with van der Waals surface area (Å²) in [6.45, 7) is 1.13. The molecule has 0 radical (unpaired) electrons. The number of hydrogen-bond acceptors (Lipinski definition) is 7. The number of Topliss-reactive ketones (excluding diaryl/α,β-unsaturated/α-hetero) is 1. The van der Waals surface area contributed by atoms with Crippen LogP contribution in [0, 0.1) is 0 Å². The lowest BCUT2D eigenvalue weighted by molar-refractivity contribution is -0.122. The third kappa shape index (κ3) is 2.50. The number of fused-ring (bicyclic) bond motifs is 1. The largest absolute Gasteiger partial charge is 0.497 e. The number of nitrogens with two attached hydrogens (primary N) is 1. The Kier molecular flexibility index (Phi) is 4.01. The number of ketones is 1. The highest BCUT2D eigenvalue weighted by molar-refractivity contribution is 6.30. The van der Waals surface area contributed by atoms with E-state index in [-0.39, 0.29) is 5.78 Å². The van der Waals surface area contributed by atoms with Crippen LogP contribution in [0.25, 0.3) is 16.6 Å². The van der Waals surface area contributed by atoms with E-state index in [2.05, 4.69) is 14.9 Å². The number of ether oxygens (including phenoxy) is 2. The molecule has 0 aliphatic carbocycles. The van der Waals surface area contributed by atoms with Gasteiger partial charge in [0.25, 0.3) is 0 Å². The molecule has 2 aromatic carbocycles. The maximum absolute atomic E-state index is 13.7. The normalized spacial score (nSPS) is 18.4. The summed E-state index contributed by atoms with van der Waals surface area (Å²) in [4.78, 5) is 25.6. The number of aromatic amines is 1. The SMILES string of the molecule is COc1cc(OC)cc(N2C(N)=C(c3nc4ccccc4[nH]3)C(=O)C23CN(C)C3)c1. The second kappa shape index (κ2) is 6.50. The summed E-state index contributed by atoms with van der Waals surface area (Å²) in [6.07, 6.45) is 0. The van der Waals surface area contributed by atoms with E-state index in [1.165, 1.54) is 0 Å². The summed E-state index contributed by atoms with van der Waals surface area (Å²) in [7, 11) is 5.18. The number of nitrogens with zero attached hydrogens (tertiary/aromatic N) is 3. The van der Waals surface area contributed by atoms with Crippen molar-refractivity contribution in [2.75, 3.05) is 39.3 Å². The molecule has 8 nitrogen and oxygen atoms in total. The van der Waals surface area contributed by atoms with Crippen LogP contribution in [0.2, 0.25) is 0 Å². The van der Waals surface area contributed by atoms with E-state index in [0.717, 1.165) is 16.7 Å². The van der Waals surface area contributed by atoms with Crippen molar-refractivity contribution in [2.24, 2.45) is 5.73 Å². The fourth-order valence-corrected chi connectivity index (χ4v) is 4.53. The van der Waals surface area contributed by atoms with Crippen molar-refractivity contribution in [1.82, 2.24) is 14.9 Å². The Balaban J connectivity index is 1.69. The van der Waals surface area contributed by atoms with Crippen molar-refractivity contribution in [3.05, 3.63) is 54.1 Å². The van der Waals surface area contributed by atoms with Crippen LogP contribution in [0.3, 0.4) is 0 Å². The van der Waals surface area contributed by atoms with Gasteiger partial charge in [-0.2, -0.15) is 0 Å². The Hall–Kier alpha value is -3.52. The summed E-state index contributed by atoms with van der Waals surface area (Å²) in [6, 6.07) is 13.2. The maximum Gasteiger partial charge on any atom is 0.198 e. The number of para-hydroxylation sites is 2. The molecule has 0 bridgehead atoms. The molecule has 0 amide bonds. The molecule has 1 saturated heterocycles. The van der Waals surface area contributed by atoms with Crippen molar-refractivity contribution in [3.8, 4) is 11.5 Å². The number of likely N-dealkylation sites (tertiary alicyclic amines) is 1. The third-order valence-corrected chi connectivity index (χ3v) is 5.86. The van der Waals surface area contributed by atoms with Crippen molar-refractivity contribution in [1.29, 1.82) is 0 Å². The zero-order chi connectivity index (χ0) is 21.0. The number of nitrogens with one attached hydrogen (secondary N) is 1. The molecule has 5 rings (SSSR count). The highest BCUT2D eigenvalue weighted by Crippen LogP contribution is 2.46. The Labute approximate surface area is 173 Å². The second-order valence-electron chi connectivity index (χ2n) is 7.80. The average Bonchev–Trinajstić information content (AvgIpc) is 3.24. The van der Waals surface area contributed by atoms with Crippen LogP contribution in [0.5, 0.6) is 11.5 Å². The first-order valence-corrected chi connectivity index (χ1v) is 9.68. The Morgan fingerprint density at radius 1 is 1.10 bits per heavy atom. The van der Waals surface area contributed by atoms with E-state index >= 15 is 0 Å². The predicted octanol–water partition coefficient (Wildman–Crippen LogP) is 1.98. The van der Waals surface area contributed by atoms with Gasteiger partial charge in [0, 0.05) is 31.3 Å². The topological polar surface area (TPSA) is 96.7 Å². The fraction of sp³-hybridized carbons (Fsp3) is 0.273. The number of benzene rings is 2. The summed E-state index contributed by atoms with van der Waals surface area (Å²) in [5.74, 6) is 2.10. The van der Waals surface area contributed by atoms with Crippen LogP contribution in [-0.4, -0.2) is 60.5 Å². The molecule has 1 aromatic heterocycles. The zero-order valence-electron chi connectivity index (χ0n) is 17.1. The number of carbonyl (C=O) groups excluding carboxylic acids is 1. The Morgan fingerprint density at radius 3 is 2.37 bits per heavy atom. The van der Waals surface area contributed by atoms with Gasteiger partial charge in [0.15, 0.2) is 5.78 Å². The van der Waals surface area contributed by atoms with Gasteiger partial charge in [0.2, 0.25) is 0 Å². The molecule has 0 atom stereocenters. The molecule has 3 aromatic rings. The Bertz CT molecular complexity index is 1140. The number of carbonyl (C=O) groups is 1. The van der Waals surface area contributed by atoms with Gasteiger partial charge in [-0.15, -0.1) is 0 Å². The first-order chi connectivity index (χ1) is 14.5. The lowest BCUT2D eigenvalue weighted by Gasteiger charge is -2.51. The summed E-state index contributed by atoms with van der Waals surface area (Å²) in [5.41, 5.74) is 8.68. The van der Waals surface area contributed by atoms with Crippen LogP contribution in [0.1, 0.15) is 5.82 Å². The van der Waals surface area contributed by atoms with Gasteiger partial charge in [0.05, 0.1) is 30.9 Å². The van der Waals surface area contributed by atoms with E-state index < -0.39 is 5.54 Å². The van der Waals surface area contributed by atoms with E-state index in [4.69, 9.17) is 15.2 Å². The van der Waals surface area contributed by atoms with Gasteiger partial charge < -0.3 is 30.0 Å². The van der Waals surface area contributed by atoms with E-state index in [1.807, 2.05) is 48.3 Å². The minimum atomic E-state index is -0.773. The molecule has 0 unspecified atom stereocenters. The lowest BCUT2D eigenvalue weighted by atomic mass is 9.83. The summed E-state index contributed by atoms with van der Waals surface area (Å²) >= 11 is 0. The van der Waals surface area contributed by atoms with Crippen molar-refractivity contribution < 1.29 is 14.3 Å². The van der Waals surface area contributed by atoms with E-state index in [9.17, 15) is 4.79 Å². The molecule has 154 valence electrons. The van der Waals surface area contributed by atoms with Crippen LogP contribution in [0.4, 0.5) is 5.69 Å². The van der Waals surface area contributed by atoms with Crippen molar-refractivity contribution in [2.45, 2.75) is 5.54 Å². The number of anilines is 1. The number of methoxy groups -OCH3 is 2. The number of H-pyrrole nitrogens is 1. The molecule has 1 fully saturated rings. The average molecular weight is 405 g/mol. The minimum absolute atomic E-state index is 0.0288. The van der Waals surface area contributed by atoms with Gasteiger partial charge in [-0.3, -0.25) is 4.79 Å². The van der Waals surface area contributed by atoms with E-state index in [0.29, 0.717) is 41.8 Å². The fourth-order valence-electron chi connectivity index (χ4n) is 4.53. The lowest BCUT2D eigenvalue weighted by Crippen LogP contribution is -2.71. The first-order valence-electron chi connectivity index (χ1n) is 9.68. The third-order valence-electron chi connectivity index (χ3n) is 5.86. The van der Waals surface area contributed by atoms with Crippen molar-refractivity contribution >= 4 is 28.1 Å². The molecule has 2 aliphatic rings. The standard InChI is InChI=1S/C22H23N5O3/c1-26-11-22(12-26)19(28)18(21-24-16-6-4-5-7-17(16)25-21)20(23)27(22)13-8-14(29-2)10-15(9-13)30-3/h4-10H,11-12,23H2,1-3H3,(H,24,25). The smallest absolute Gasteiger partial charge is 0.198 e. The van der Waals surface area contributed by atoms with Crippen LogP contribution in [-0.2, 0) is 4.79 Å². The molecule has 0 saturated carbocycles. The van der Waals surface area contributed by atoms with Crippen LogP contribution in [0.15, 0.2) is 48.3 Å². The highest BCUT2D eigenvalue weighted by atomic mass is 16.5. The number of hydrogen-bond donors (Lipinski definition) is 2. The summed E-state index contributed by atoms with van der Waals surface area (Å²) < 4.78 is 10.9. The van der Waals surface area contributed by atoms with Crippen LogP contribution < -0.4 is 20.1 Å². The van der Waals surface area contributed by atoms with Crippen molar-refractivity contribution in [3.63, 3.8) is 0 Å². The quantitative estimate of drug-likeness (QED) is 0.685. The van der Waals surface area contributed by atoms with E-state index in [1.54, 1.807) is 20.3 Å². The van der Waals surface area contributed by atoms with Gasteiger partial charge in [-0.05, 0) is 19.2 Å². The maximum atomic E-state index is 13.7. The predicted molar refractivity (Wildman–Crippen MR) is 114 cm³/mol.